The molecule has 2 aliphatic heterocycles. The maximum absolute atomic E-state index is 12.7. The quantitative estimate of drug-likeness (QED) is 0.766. The lowest BCUT2D eigenvalue weighted by molar-refractivity contribution is 0.0671. The van der Waals surface area contributed by atoms with Gasteiger partial charge in [-0.05, 0) is 69.0 Å². The maximum atomic E-state index is 12.7. The van der Waals surface area contributed by atoms with Gasteiger partial charge in [-0.3, -0.25) is 4.79 Å². The number of amides is 3. The molecule has 0 radical (unpaired) electrons. The third kappa shape index (κ3) is 5.16. The van der Waals surface area contributed by atoms with Crippen LogP contribution in [-0.2, 0) is 0 Å². The fraction of sp³-hybridized carbons (Fsp3) is 0.417. The topological polar surface area (TPSA) is 59.1 Å². The Bertz CT molecular complexity index is 940. The van der Waals surface area contributed by atoms with E-state index >= 15 is 0 Å². The van der Waals surface area contributed by atoms with Gasteiger partial charge in [-0.1, -0.05) is 11.6 Å². The molecule has 0 aliphatic carbocycles. The molecule has 7 nitrogen and oxygen atoms in total. The van der Waals surface area contributed by atoms with Crippen LogP contribution in [0.3, 0.4) is 0 Å². The lowest BCUT2D eigenvalue weighted by Crippen LogP contribution is -2.51. The first-order valence-corrected chi connectivity index (χ1v) is 11.4. The number of carbonyl (C=O) groups excluding carboxylic acids is 2. The number of halogens is 1. The zero-order valence-electron chi connectivity index (χ0n) is 18.6. The highest BCUT2D eigenvalue weighted by Gasteiger charge is 2.26. The van der Waals surface area contributed by atoms with Gasteiger partial charge in [0.05, 0.1) is 0 Å². The summed E-state index contributed by atoms with van der Waals surface area (Å²) in [5, 5.41) is 3.59. The van der Waals surface area contributed by atoms with Crippen LogP contribution in [0.4, 0.5) is 16.2 Å². The van der Waals surface area contributed by atoms with Crippen molar-refractivity contribution < 1.29 is 9.59 Å². The summed E-state index contributed by atoms with van der Waals surface area (Å²) in [7, 11) is 4.25. The van der Waals surface area contributed by atoms with Crippen LogP contribution in [-0.4, -0.2) is 86.0 Å². The zero-order valence-corrected chi connectivity index (χ0v) is 19.4. The van der Waals surface area contributed by atoms with E-state index in [0.717, 1.165) is 25.2 Å². The number of anilines is 2. The van der Waals surface area contributed by atoms with Crippen LogP contribution in [0, 0.1) is 0 Å². The molecule has 0 spiro atoms. The number of piperazine rings is 1. The monoisotopic (exact) mass is 455 g/mol. The van der Waals surface area contributed by atoms with Crippen LogP contribution in [0.25, 0.3) is 0 Å². The van der Waals surface area contributed by atoms with E-state index in [9.17, 15) is 9.59 Å². The van der Waals surface area contributed by atoms with Gasteiger partial charge >= 0.3 is 6.03 Å². The second kappa shape index (κ2) is 9.79. The second-order valence-electron chi connectivity index (χ2n) is 8.62. The van der Waals surface area contributed by atoms with Crippen molar-refractivity contribution in [3.8, 4) is 0 Å². The SMILES string of the molecule is CN(C)[C@@H]1CCN(c2ccc(NC(=O)N3CCN(C(=O)c4ccc(Cl)cc4)CC3)cc2)C1. The second-order valence-corrected chi connectivity index (χ2v) is 9.05. The average molecular weight is 456 g/mol. The summed E-state index contributed by atoms with van der Waals surface area (Å²) in [6, 6.07) is 15.4. The van der Waals surface area contributed by atoms with Gasteiger partial charge in [-0.15, -0.1) is 0 Å². The number of rotatable bonds is 4. The van der Waals surface area contributed by atoms with Crippen molar-refractivity contribution in [2.75, 3.05) is 63.6 Å². The number of urea groups is 1. The number of nitrogens with one attached hydrogen (secondary N) is 1. The van der Waals surface area contributed by atoms with Gasteiger partial charge in [-0.25, -0.2) is 4.79 Å². The van der Waals surface area contributed by atoms with Crippen LogP contribution >= 0.6 is 11.6 Å². The van der Waals surface area contributed by atoms with Gasteiger partial charge in [0.1, 0.15) is 0 Å². The first-order valence-electron chi connectivity index (χ1n) is 11.0. The molecule has 2 aliphatic rings. The molecule has 0 saturated carbocycles. The summed E-state index contributed by atoms with van der Waals surface area (Å²) in [6.45, 7) is 4.10. The van der Waals surface area contributed by atoms with E-state index in [0.29, 0.717) is 42.8 Å². The molecular formula is C24H30ClN5O2. The van der Waals surface area contributed by atoms with Crippen molar-refractivity contribution in [1.29, 1.82) is 0 Å². The van der Waals surface area contributed by atoms with Crippen molar-refractivity contribution in [2.24, 2.45) is 0 Å². The summed E-state index contributed by atoms with van der Waals surface area (Å²) < 4.78 is 0. The molecule has 2 fully saturated rings. The molecule has 4 rings (SSSR count). The molecule has 0 unspecified atom stereocenters. The highest BCUT2D eigenvalue weighted by Crippen LogP contribution is 2.24. The minimum atomic E-state index is -0.134. The molecule has 32 heavy (non-hydrogen) atoms. The van der Waals surface area contributed by atoms with Crippen LogP contribution in [0.1, 0.15) is 16.8 Å². The van der Waals surface area contributed by atoms with Crippen molar-refractivity contribution in [1.82, 2.24) is 14.7 Å². The Kier molecular flexibility index (Phi) is 6.86. The van der Waals surface area contributed by atoms with E-state index in [-0.39, 0.29) is 11.9 Å². The third-order valence-electron chi connectivity index (χ3n) is 6.32. The molecule has 0 bridgehead atoms. The van der Waals surface area contributed by atoms with Gasteiger partial charge in [0, 0.05) is 67.3 Å². The predicted octanol–water partition coefficient (Wildman–Crippen LogP) is 3.47. The summed E-state index contributed by atoms with van der Waals surface area (Å²) in [4.78, 5) is 33.5. The van der Waals surface area contributed by atoms with Gasteiger partial charge in [0.15, 0.2) is 0 Å². The zero-order chi connectivity index (χ0) is 22.7. The van der Waals surface area contributed by atoms with E-state index in [4.69, 9.17) is 11.6 Å². The van der Waals surface area contributed by atoms with E-state index in [1.165, 1.54) is 5.69 Å². The van der Waals surface area contributed by atoms with Crippen molar-refractivity contribution in [3.05, 3.63) is 59.1 Å². The Morgan fingerprint density at radius 3 is 2.12 bits per heavy atom. The molecule has 8 heteroatoms. The number of likely N-dealkylation sites (N-methyl/N-ethyl adjacent to an activating group) is 1. The Labute approximate surface area is 194 Å². The van der Waals surface area contributed by atoms with Crippen LogP contribution in [0.5, 0.6) is 0 Å². The average Bonchev–Trinajstić information content (AvgIpc) is 3.30. The fourth-order valence-corrected chi connectivity index (χ4v) is 4.37. The van der Waals surface area contributed by atoms with Crippen molar-refractivity contribution >= 4 is 34.9 Å². The molecule has 1 atom stereocenters. The Hall–Kier alpha value is -2.77. The highest BCUT2D eigenvalue weighted by atomic mass is 35.5. The van der Waals surface area contributed by atoms with Crippen molar-refractivity contribution in [2.45, 2.75) is 12.5 Å². The first kappa shape index (κ1) is 22.4. The molecular weight excluding hydrogens is 426 g/mol. The first-order chi connectivity index (χ1) is 15.4. The molecule has 3 amide bonds. The molecule has 2 heterocycles. The van der Waals surface area contributed by atoms with Crippen LogP contribution in [0.2, 0.25) is 5.02 Å². The standard InChI is InChI=1S/C24H30ClN5O2/c1-27(2)22-11-12-30(17-22)21-9-7-20(8-10-21)26-24(32)29-15-13-28(14-16-29)23(31)18-3-5-19(25)6-4-18/h3-10,22H,11-17H2,1-2H3,(H,26,32)/t22-/m1/s1. The summed E-state index contributed by atoms with van der Waals surface area (Å²) in [6.07, 6.45) is 1.16. The number of benzene rings is 2. The number of nitrogens with zero attached hydrogens (tertiary/aromatic N) is 4. The Morgan fingerprint density at radius 1 is 0.906 bits per heavy atom. The van der Waals surface area contributed by atoms with Crippen LogP contribution < -0.4 is 10.2 Å². The summed E-state index contributed by atoms with van der Waals surface area (Å²) in [5.74, 6) is -0.0317. The Balaban J connectivity index is 1.27. The van der Waals surface area contributed by atoms with Crippen LogP contribution in [0.15, 0.2) is 48.5 Å². The van der Waals surface area contributed by atoms with E-state index < -0.39 is 0 Å². The summed E-state index contributed by atoms with van der Waals surface area (Å²) in [5.41, 5.74) is 2.57. The normalized spacial score (nSPS) is 18.9. The minimum Gasteiger partial charge on any atom is -0.370 e. The molecule has 2 aromatic rings. The molecule has 2 saturated heterocycles. The van der Waals surface area contributed by atoms with Gasteiger partial charge in [-0.2, -0.15) is 0 Å². The maximum Gasteiger partial charge on any atom is 0.321 e. The van der Waals surface area contributed by atoms with E-state index in [1.54, 1.807) is 34.1 Å². The van der Waals surface area contributed by atoms with E-state index in [1.807, 2.05) is 12.1 Å². The minimum absolute atomic E-state index is 0.0317. The number of hydrogen-bond donors (Lipinski definition) is 1. The summed E-state index contributed by atoms with van der Waals surface area (Å²) >= 11 is 5.90. The van der Waals surface area contributed by atoms with Gasteiger partial charge in [0.25, 0.3) is 5.91 Å². The smallest absolute Gasteiger partial charge is 0.321 e. The molecule has 2 aromatic carbocycles. The third-order valence-corrected chi connectivity index (χ3v) is 6.57. The Morgan fingerprint density at radius 2 is 1.53 bits per heavy atom. The lowest BCUT2D eigenvalue weighted by Gasteiger charge is -2.34. The fourth-order valence-electron chi connectivity index (χ4n) is 4.24. The largest absolute Gasteiger partial charge is 0.370 e. The predicted molar refractivity (Wildman–Crippen MR) is 129 cm³/mol. The van der Waals surface area contributed by atoms with Crippen molar-refractivity contribution in [3.63, 3.8) is 0 Å². The molecule has 1 N–H and O–H groups in total. The number of carbonyl (C=O) groups is 2. The highest BCUT2D eigenvalue weighted by molar-refractivity contribution is 6.30. The van der Waals surface area contributed by atoms with E-state index in [2.05, 4.69) is 41.3 Å². The van der Waals surface area contributed by atoms with Gasteiger partial charge in [0.2, 0.25) is 0 Å². The molecule has 170 valence electrons. The van der Waals surface area contributed by atoms with Gasteiger partial charge < -0.3 is 24.9 Å². The molecule has 0 aromatic heterocycles. The lowest BCUT2D eigenvalue weighted by atomic mass is 10.2. The number of hydrogen-bond acceptors (Lipinski definition) is 4.